The van der Waals surface area contributed by atoms with E-state index in [0.717, 1.165) is 44.1 Å². The Balaban J connectivity index is 1.83. The molecule has 0 radical (unpaired) electrons. The van der Waals surface area contributed by atoms with E-state index in [1.165, 1.54) is 0 Å². The lowest BCUT2D eigenvalue weighted by atomic mass is 10.0. The van der Waals surface area contributed by atoms with Gasteiger partial charge in [0.25, 0.3) is 0 Å². The van der Waals surface area contributed by atoms with Crippen LogP contribution >= 0.6 is 0 Å². The molecule has 0 bridgehead atoms. The Morgan fingerprint density at radius 2 is 1.82 bits per heavy atom. The van der Waals surface area contributed by atoms with E-state index in [4.69, 9.17) is 0 Å². The molecule has 1 aromatic heterocycles. The fourth-order valence-corrected chi connectivity index (χ4v) is 2.66. The topological polar surface area (TPSA) is 64.5 Å². The van der Waals surface area contributed by atoms with E-state index in [1.54, 1.807) is 0 Å². The first-order valence-electron chi connectivity index (χ1n) is 8.17. The molecule has 2 rings (SSSR count). The lowest BCUT2D eigenvalue weighted by Crippen LogP contribution is -2.45. The Morgan fingerprint density at radius 1 is 1.18 bits per heavy atom. The molecule has 22 heavy (non-hydrogen) atoms. The normalized spacial score (nSPS) is 18.0. The molecule has 1 atom stereocenters. The molecule has 0 aliphatic carbocycles. The largest absolute Gasteiger partial charge is 0.395 e. The number of aliphatic hydroxyl groups is 1. The van der Waals surface area contributed by atoms with Gasteiger partial charge in [-0.15, -0.1) is 0 Å². The summed E-state index contributed by atoms with van der Waals surface area (Å²) in [5.41, 5.74) is 1.06. The van der Waals surface area contributed by atoms with Crippen LogP contribution in [0.4, 0.5) is 5.95 Å². The maximum atomic E-state index is 9.38. The minimum Gasteiger partial charge on any atom is -0.395 e. The summed E-state index contributed by atoms with van der Waals surface area (Å²) in [5.74, 6) is 1.39. The Labute approximate surface area is 133 Å². The fourth-order valence-electron chi connectivity index (χ4n) is 2.66. The highest BCUT2D eigenvalue weighted by Crippen LogP contribution is 2.10. The zero-order chi connectivity index (χ0) is 15.9. The van der Waals surface area contributed by atoms with Gasteiger partial charge in [-0.05, 0) is 19.4 Å². The van der Waals surface area contributed by atoms with Crippen LogP contribution in [-0.2, 0) is 6.54 Å². The molecule has 124 valence electrons. The van der Waals surface area contributed by atoms with Crippen molar-refractivity contribution in [3.63, 3.8) is 0 Å². The van der Waals surface area contributed by atoms with Crippen molar-refractivity contribution in [2.75, 3.05) is 44.7 Å². The Hall–Kier alpha value is -1.24. The highest BCUT2D eigenvalue weighted by molar-refractivity contribution is 5.30. The lowest BCUT2D eigenvalue weighted by Gasteiger charge is -2.32. The van der Waals surface area contributed by atoms with Gasteiger partial charge in [0, 0.05) is 56.7 Å². The molecule has 1 aliphatic heterocycles. The van der Waals surface area contributed by atoms with Gasteiger partial charge in [0.1, 0.15) is 0 Å². The smallest absolute Gasteiger partial charge is 0.225 e. The van der Waals surface area contributed by atoms with Crippen LogP contribution in [0, 0.1) is 5.92 Å². The minimum atomic E-state index is 0.136. The average Bonchev–Trinajstić information content (AvgIpc) is 2.52. The highest BCUT2D eigenvalue weighted by atomic mass is 16.3. The first-order valence-corrected chi connectivity index (χ1v) is 8.17. The number of rotatable bonds is 7. The van der Waals surface area contributed by atoms with Gasteiger partial charge in [0.05, 0.1) is 6.61 Å². The predicted octanol–water partition coefficient (Wildman–Crippen LogP) is 0.725. The third-order valence-electron chi connectivity index (χ3n) is 4.05. The van der Waals surface area contributed by atoms with Crippen molar-refractivity contribution in [1.82, 2.24) is 20.2 Å². The molecule has 0 amide bonds. The summed E-state index contributed by atoms with van der Waals surface area (Å²) in [7, 11) is 2.14. The highest BCUT2D eigenvalue weighted by Gasteiger charge is 2.16. The molecule has 2 heterocycles. The van der Waals surface area contributed by atoms with Gasteiger partial charge in [0.15, 0.2) is 0 Å². The molecule has 0 saturated carbocycles. The van der Waals surface area contributed by atoms with Crippen LogP contribution in [0.1, 0.15) is 25.8 Å². The Morgan fingerprint density at radius 3 is 2.36 bits per heavy atom. The molecular formula is C16H29N5O. The molecule has 2 N–H and O–H groups in total. The lowest BCUT2D eigenvalue weighted by molar-refractivity contribution is 0.223. The molecule has 1 fully saturated rings. The molecule has 1 saturated heterocycles. The van der Waals surface area contributed by atoms with E-state index < -0.39 is 0 Å². The Kier molecular flexibility index (Phi) is 6.54. The van der Waals surface area contributed by atoms with Crippen molar-refractivity contribution < 1.29 is 5.11 Å². The summed E-state index contributed by atoms with van der Waals surface area (Å²) >= 11 is 0. The maximum Gasteiger partial charge on any atom is 0.225 e. The van der Waals surface area contributed by atoms with Crippen LogP contribution in [0.5, 0.6) is 0 Å². The van der Waals surface area contributed by atoms with Crippen molar-refractivity contribution in [1.29, 1.82) is 0 Å². The van der Waals surface area contributed by atoms with Gasteiger partial charge >= 0.3 is 0 Å². The van der Waals surface area contributed by atoms with Crippen LogP contribution in [0.2, 0.25) is 0 Å². The second kappa shape index (κ2) is 8.41. The van der Waals surface area contributed by atoms with E-state index in [9.17, 15) is 5.11 Å². The summed E-state index contributed by atoms with van der Waals surface area (Å²) < 4.78 is 0. The molecule has 1 aromatic rings. The number of hydrogen-bond acceptors (Lipinski definition) is 6. The fraction of sp³-hybridized carbons (Fsp3) is 0.750. The summed E-state index contributed by atoms with van der Waals surface area (Å²) in [6, 6.07) is 0.136. The summed E-state index contributed by atoms with van der Waals surface area (Å²) in [6.45, 7) is 9.26. The van der Waals surface area contributed by atoms with Crippen molar-refractivity contribution in [3.05, 3.63) is 18.0 Å². The molecule has 1 aliphatic rings. The average molecular weight is 307 g/mol. The number of hydrogen-bond donors (Lipinski definition) is 2. The van der Waals surface area contributed by atoms with E-state index in [0.29, 0.717) is 12.5 Å². The SMILES string of the molecule is CC(C)CC(CO)NCc1cnc(N2CCN(C)CC2)nc1. The van der Waals surface area contributed by atoms with Crippen LogP contribution in [0.3, 0.4) is 0 Å². The first-order chi connectivity index (χ1) is 10.6. The first kappa shape index (κ1) is 17.1. The number of piperazine rings is 1. The van der Waals surface area contributed by atoms with E-state index in [-0.39, 0.29) is 12.6 Å². The number of likely N-dealkylation sites (N-methyl/N-ethyl adjacent to an activating group) is 1. The second-order valence-corrected chi connectivity index (χ2v) is 6.57. The molecule has 6 nitrogen and oxygen atoms in total. The number of nitrogens with one attached hydrogen (secondary N) is 1. The monoisotopic (exact) mass is 307 g/mol. The number of aliphatic hydroxyl groups excluding tert-OH is 1. The van der Waals surface area contributed by atoms with Gasteiger partial charge < -0.3 is 20.2 Å². The van der Waals surface area contributed by atoms with Crippen molar-refractivity contribution in [2.24, 2.45) is 5.92 Å². The van der Waals surface area contributed by atoms with Gasteiger partial charge in [-0.3, -0.25) is 0 Å². The van der Waals surface area contributed by atoms with Crippen LogP contribution in [-0.4, -0.2) is 65.8 Å². The summed E-state index contributed by atoms with van der Waals surface area (Å²) in [6.07, 6.45) is 4.74. The van der Waals surface area contributed by atoms with Crippen molar-refractivity contribution in [3.8, 4) is 0 Å². The quantitative estimate of drug-likeness (QED) is 0.774. The van der Waals surface area contributed by atoms with Crippen LogP contribution < -0.4 is 10.2 Å². The number of anilines is 1. The van der Waals surface area contributed by atoms with E-state index in [1.807, 2.05) is 12.4 Å². The van der Waals surface area contributed by atoms with Gasteiger partial charge in [-0.1, -0.05) is 13.8 Å². The van der Waals surface area contributed by atoms with Crippen molar-refractivity contribution >= 4 is 5.95 Å². The van der Waals surface area contributed by atoms with Gasteiger partial charge in [0.2, 0.25) is 5.95 Å². The molecule has 0 aromatic carbocycles. The van der Waals surface area contributed by atoms with Gasteiger partial charge in [-0.2, -0.15) is 0 Å². The zero-order valence-corrected chi connectivity index (χ0v) is 14.0. The molecular weight excluding hydrogens is 278 g/mol. The molecule has 1 unspecified atom stereocenters. The zero-order valence-electron chi connectivity index (χ0n) is 14.0. The molecule has 6 heteroatoms. The maximum absolute atomic E-state index is 9.38. The summed E-state index contributed by atoms with van der Waals surface area (Å²) in [4.78, 5) is 13.5. The van der Waals surface area contributed by atoms with Crippen molar-refractivity contribution in [2.45, 2.75) is 32.9 Å². The summed E-state index contributed by atoms with van der Waals surface area (Å²) in [5, 5.41) is 12.8. The number of nitrogens with zero attached hydrogens (tertiary/aromatic N) is 4. The van der Waals surface area contributed by atoms with Crippen LogP contribution in [0.25, 0.3) is 0 Å². The molecule has 0 spiro atoms. The second-order valence-electron chi connectivity index (χ2n) is 6.57. The third kappa shape index (κ3) is 5.19. The third-order valence-corrected chi connectivity index (χ3v) is 4.05. The Bertz CT molecular complexity index is 429. The van der Waals surface area contributed by atoms with E-state index in [2.05, 4.69) is 46.0 Å². The number of aromatic nitrogens is 2. The standard InChI is InChI=1S/C16H29N5O/c1-13(2)8-15(12-22)17-9-14-10-18-16(19-11-14)21-6-4-20(3)5-7-21/h10-11,13,15,17,22H,4-9,12H2,1-3H3. The van der Waals surface area contributed by atoms with E-state index >= 15 is 0 Å². The van der Waals surface area contributed by atoms with Crippen LogP contribution in [0.15, 0.2) is 12.4 Å². The van der Waals surface area contributed by atoms with Gasteiger partial charge in [-0.25, -0.2) is 9.97 Å². The predicted molar refractivity (Wildman–Crippen MR) is 88.9 cm³/mol. The minimum absolute atomic E-state index is 0.136.